The Hall–Kier alpha value is -0.980. The molecule has 0 aliphatic heterocycles. The second-order valence-corrected chi connectivity index (χ2v) is 5.75. The molecule has 0 saturated heterocycles. The average Bonchev–Trinajstić information content (AvgIpc) is 2.70. The summed E-state index contributed by atoms with van der Waals surface area (Å²) in [5.74, 6) is -0.447. The number of pyridine rings is 1. The zero-order valence-electron chi connectivity index (χ0n) is 10.0. The van der Waals surface area contributed by atoms with Gasteiger partial charge in [0.1, 0.15) is 14.7 Å². The molecule has 0 aliphatic rings. The quantitative estimate of drug-likeness (QED) is 0.681. The van der Waals surface area contributed by atoms with Crippen LogP contribution in [-0.2, 0) is 4.74 Å². The van der Waals surface area contributed by atoms with E-state index in [-0.39, 0.29) is 0 Å². The lowest BCUT2D eigenvalue weighted by Gasteiger charge is -2.05. The molecule has 0 aliphatic carbocycles. The zero-order chi connectivity index (χ0) is 13.4. The number of carbonyl (C=O) groups is 1. The van der Waals surface area contributed by atoms with Gasteiger partial charge in [-0.3, -0.25) is 0 Å². The van der Waals surface area contributed by atoms with E-state index in [1.54, 1.807) is 0 Å². The van der Waals surface area contributed by atoms with Crippen molar-refractivity contribution in [3.05, 3.63) is 15.5 Å². The van der Waals surface area contributed by atoms with Crippen molar-refractivity contribution >= 4 is 56.6 Å². The lowest BCUT2D eigenvalue weighted by atomic mass is 10.2. The van der Waals surface area contributed by atoms with Gasteiger partial charge in [0.25, 0.3) is 0 Å². The van der Waals surface area contributed by atoms with Gasteiger partial charge in [-0.2, -0.15) is 0 Å². The van der Waals surface area contributed by atoms with Crippen molar-refractivity contribution in [2.45, 2.75) is 11.9 Å². The largest absolute Gasteiger partial charge is 0.465 e. The Morgan fingerprint density at radius 2 is 2.22 bits per heavy atom. The van der Waals surface area contributed by atoms with Gasteiger partial charge in [0.15, 0.2) is 0 Å². The number of esters is 1. The number of rotatable bonds is 2. The van der Waals surface area contributed by atoms with Crippen molar-refractivity contribution in [1.82, 2.24) is 4.98 Å². The maximum Gasteiger partial charge on any atom is 0.350 e. The molecule has 0 spiro atoms. The fraction of sp³-hybridized carbons (Fsp3) is 0.273. The van der Waals surface area contributed by atoms with Gasteiger partial charge in [-0.15, -0.1) is 23.1 Å². The van der Waals surface area contributed by atoms with Gasteiger partial charge in [0.05, 0.1) is 17.8 Å². The maximum atomic E-state index is 11.6. The van der Waals surface area contributed by atoms with Crippen LogP contribution in [0.3, 0.4) is 0 Å². The van der Waals surface area contributed by atoms with Gasteiger partial charge >= 0.3 is 5.97 Å². The van der Waals surface area contributed by atoms with Crippen LogP contribution in [0.5, 0.6) is 0 Å². The summed E-state index contributed by atoms with van der Waals surface area (Å²) in [5.41, 5.74) is 7.21. The number of thioether (sulfide) groups is 1. The summed E-state index contributed by atoms with van der Waals surface area (Å²) < 4.78 is 4.70. The summed E-state index contributed by atoms with van der Waals surface area (Å²) >= 11 is 8.90. The fourth-order valence-electron chi connectivity index (χ4n) is 1.66. The highest BCUT2D eigenvalue weighted by molar-refractivity contribution is 7.98. The molecule has 4 nitrogen and oxygen atoms in total. The Balaban J connectivity index is 2.80. The molecule has 96 valence electrons. The van der Waals surface area contributed by atoms with Crippen LogP contribution >= 0.6 is 34.7 Å². The van der Waals surface area contributed by atoms with E-state index in [4.69, 9.17) is 22.1 Å². The Labute approximate surface area is 117 Å². The number of nitrogen functional groups attached to an aromatic ring is 1. The Morgan fingerprint density at radius 3 is 2.78 bits per heavy atom. The molecule has 7 heteroatoms. The predicted molar refractivity (Wildman–Crippen MR) is 76.9 cm³/mol. The second-order valence-electron chi connectivity index (χ2n) is 3.58. The minimum absolute atomic E-state index is 0.373. The number of hydrogen-bond acceptors (Lipinski definition) is 6. The molecular weight excluding hydrogens is 292 g/mol. The molecule has 0 amide bonds. The third-order valence-electron chi connectivity index (χ3n) is 2.59. The summed E-state index contributed by atoms with van der Waals surface area (Å²) in [6.07, 6.45) is 1.90. The number of methoxy groups -OCH3 is 1. The van der Waals surface area contributed by atoms with E-state index >= 15 is 0 Å². The summed E-state index contributed by atoms with van der Waals surface area (Å²) in [4.78, 5) is 17.1. The maximum absolute atomic E-state index is 11.6. The Bertz CT molecular complexity index is 640. The van der Waals surface area contributed by atoms with E-state index in [1.807, 2.05) is 13.2 Å². The predicted octanol–water partition coefficient (Wildman–Crippen LogP) is 3.35. The fourth-order valence-corrected chi connectivity index (χ4v) is 3.68. The van der Waals surface area contributed by atoms with Crippen molar-refractivity contribution in [1.29, 1.82) is 0 Å². The third kappa shape index (κ3) is 1.94. The van der Waals surface area contributed by atoms with Crippen molar-refractivity contribution < 1.29 is 9.53 Å². The molecule has 2 rings (SSSR count). The number of carbonyl (C=O) groups excluding carboxylic acids is 1. The average molecular weight is 303 g/mol. The first-order chi connectivity index (χ1) is 8.51. The van der Waals surface area contributed by atoms with E-state index in [9.17, 15) is 4.79 Å². The summed E-state index contributed by atoms with van der Waals surface area (Å²) in [7, 11) is 1.33. The van der Waals surface area contributed by atoms with Crippen molar-refractivity contribution in [2.24, 2.45) is 0 Å². The normalized spacial score (nSPS) is 10.9. The highest BCUT2D eigenvalue weighted by atomic mass is 35.5. The number of hydrogen-bond donors (Lipinski definition) is 1. The third-order valence-corrected chi connectivity index (χ3v) is 4.92. The van der Waals surface area contributed by atoms with Crippen LogP contribution < -0.4 is 5.73 Å². The van der Waals surface area contributed by atoms with E-state index in [2.05, 4.69) is 4.98 Å². The van der Waals surface area contributed by atoms with Crippen LogP contribution in [0.25, 0.3) is 10.2 Å². The first-order valence-corrected chi connectivity index (χ1v) is 7.43. The molecule has 0 aromatic carbocycles. The number of anilines is 1. The molecule has 0 fully saturated rings. The molecule has 2 N–H and O–H groups in total. The van der Waals surface area contributed by atoms with Crippen LogP contribution in [0, 0.1) is 6.92 Å². The summed E-state index contributed by atoms with van der Waals surface area (Å²) in [6, 6.07) is 0. The number of thiophene rings is 1. The second kappa shape index (κ2) is 4.95. The monoisotopic (exact) mass is 302 g/mol. The minimum Gasteiger partial charge on any atom is -0.465 e. The zero-order valence-corrected chi connectivity index (χ0v) is 12.4. The van der Waals surface area contributed by atoms with Gasteiger partial charge in [0, 0.05) is 5.39 Å². The summed E-state index contributed by atoms with van der Waals surface area (Å²) in [5, 5.41) is 2.05. The van der Waals surface area contributed by atoms with Crippen molar-refractivity contribution in [3.8, 4) is 0 Å². The number of halogens is 1. The van der Waals surface area contributed by atoms with E-state index in [0.717, 1.165) is 16.0 Å². The van der Waals surface area contributed by atoms with E-state index < -0.39 is 5.97 Å². The van der Waals surface area contributed by atoms with Gasteiger partial charge in [-0.05, 0) is 18.7 Å². The first kappa shape index (κ1) is 13.5. The van der Waals surface area contributed by atoms with Gasteiger partial charge in [-0.1, -0.05) is 11.6 Å². The standard InChI is InChI=1S/C11H11ClN2O2S2/c1-4-5-7(13)8(11(15)16-2)18-9(5)14-10(17-3)6(4)12/h13H2,1-3H3. The highest BCUT2D eigenvalue weighted by Gasteiger charge is 2.21. The van der Waals surface area contributed by atoms with E-state index in [0.29, 0.717) is 20.4 Å². The highest BCUT2D eigenvalue weighted by Crippen LogP contribution is 2.40. The molecule has 0 unspecified atom stereocenters. The number of nitrogens with two attached hydrogens (primary N) is 1. The smallest absolute Gasteiger partial charge is 0.350 e. The van der Waals surface area contributed by atoms with Gasteiger partial charge in [-0.25, -0.2) is 9.78 Å². The van der Waals surface area contributed by atoms with Crippen LogP contribution in [0.15, 0.2) is 5.03 Å². The number of aromatic nitrogens is 1. The molecule has 0 saturated carbocycles. The molecule has 0 bridgehead atoms. The molecule has 0 radical (unpaired) electrons. The molecule has 2 heterocycles. The van der Waals surface area contributed by atoms with Crippen molar-refractivity contribution in [3.63, 3.8) is 0 Å². The molecule has 18 heavy (non-hydrogen) atoms. The van der Waals surface area contributed by atoms with E-state index in [1.165, 1.54) is 30.2 Å². The molecular formula is C11H11ClN2O2S2. The summed E-state index contributed by atoms with van der Waals surface area (Å²) in [6.45, 7) is 1.87. The lowest BCUT2D eigenvalue weighted by molar-refractivity contribution is 0.0607. The SMILES string of the molecule is COC(=O)c1sc2nc(SC)c(Cl)c(C)c2c1N. The number of aryl methyl sites for hydroxylation is 1. The number of fused-ring (bicyclic) bond motifs is 1. The molecule has 2 aromatic rings. The van der Waals surface area contributed by atoms with Gasteiger partial charge in [0.2, 0.25) is 0 Å². The Morgan fingerprint density at radius 1 is 1.56 bits per heavy atom. The topological polar surface area (TPSA) is 65.2 Å². The molecule has 0 atom stereocenters. The van der Waals surface area contributed by atoms with Crippen molar-refractivity contribution in [2.75, 3.05) is 19.1 Å². The first-order valence-electron chi connectivity index (χ1n) is 5.01. The lowest BCUT2D eigenvalue weighted by Crippen LogP contribution is -2.01. The van der Waals surface area contributed by atoms with Crippen LogP contribution in [0.1, 0.15) is 15.2 Å². The molecule has 2 aromatic heterocycles. The Kier molecular flexibility index (Phi) is 3.70. The number of ether oxygens (including phenoxy) is 1. The number of nitrogens with zero attached hydrogens (tertiary/aromatic N) is 1. The van der Waals surface area contributed by atoms with Crippen LogP contribution in [-0.4, -0.2) is 24.3 Å². The van der Waals surface area contributed by atoms with Gasteiger partial charge < -0.3 is 10.5 Å². The van der Waals surface area contributed by atoms with Crippen LogP contribution in [0.2, 0.25) is 5.02 Å². The minimum atomic E-state index is -0.447. The van der Waals surface area contributed by atoms with Crippen LogP contribution in [0.4, 0.5) is 5.69 Å².